The molecule has 33 heavy (non-hydrogen) atoms. The van der Waals surface area contributed by atoms with Gasteiger partial charge in [-0.2, -0.15) is 0 Å². The third-order valence-corrected chi connectivity index (χ3v) is 5.48. The van der Waals surface area contributed by atoms with E-state index >= 15 is 0 Å². The minimum absolute atomic E-state index is 0.0228. The number of amides is 6. The van der Waals surface area contributed by atoms with Crippen LogP contribution in [-0.4, -0.2) is 47.3 Å². The molecule has 2 saturated heterocycles. The lowest BCUT2D eigenvalue weighted by atomic mass is 10.1. The van der Waals surface area contributed by atoms with Gasteiger partial charge >= 0.3 is 12.1 Å². The van der Waals surface area contributed by atoms with Crippen LogP contribution in [0.2, 0.25) is 0 Å². The van der Waals surface area contributed by atoms with Crippen LogP contribution in [0.5, 0.6) is 0 Å². The summed E-state index contributed by atoms with van der Waals surface area (Å²) in [4.78, 5) is 63.7. The molecule has 1 unspecified atom stereocenters. The Morgan fingerprint density at radius 3 is 2.55 bits per heavy atom. The van der Waals surface area contributed by atoms with E-state index in [2.05, 4.69) is 10.6 Å². The first kappa shape index (κ1) is 22.0. The van der Waals surface area contributed by atoms with Crippen LogP contribution in [0.3, 0.4) is 0 Å². The van der Waals surface area contributed by atoms with Gasteiger partial charge in [-0.25, -0.2) is 19.4 Å². The van der Waals surface area contributed by atoms with Crippen molar-refractivity contribution in [3.8, 4) is 0 Å². The molecular formula is C23H22N4O6. The van der Waals surface area contributed by atoms with E-state index in [1.165, 1.54) is 6.07 Å². The molecular weight excluding hydrogens is 428 g/mol. The molecule has 10 heteroatoms. The molecule has 170 valence electrons. The first-order chi connectivity index (χ1) is 15.8. The van der Waals surface area contributed by atoms with Gasteiger partial charge in [0.25, 0.3) is 5.91 Å². The fraction of sp³-hybridized carbons (Fsp3) is 0.261. The summed E-state index contributed by atoms with van der Waals surface area (Å²) in [6, 6.07) is 12.2. The van der Waals surface area contributed by atoms with E-state index < -0.39 is 35.9 Å². The van der Waals surface area contributed by atoms with Gasteiger partial charge in [-0.05, 0) is 36.6 Å². The van der Waals surface area contributed by atoms with Gasteiger partial charge in [0.15, 0.2) is 0 Å². The molecule has 0 aliphatic carbocycles. The second kappa shape index (κ2) is 9.11. The Morgan fingerprint density at radius 1 is 1.09 bits per heavy atom. The maximum Gasteiger partial charge on any atom is 0.417 e. The highest BCUT2D eigenvalue weighted by Gasteiger charge is 2.41. The number of nitrogens with one attached hydrogen (secondary N) is 2. The summed E-state index contributed by atoms with van der Waals surface area (Å²) in [5.74, 6) is -1.46. The molecule has 2 aliphatic rings. The van der Waals surface area contributed by atoms with Gasteiger partial charge in [-0.3, -0.25) is 14.4 Å². The Bertz CT molecular complexity index is 1120. The van der Waals surface area contributed by atoms with Crippen LogP contribution in [0.25, 0.3) is 0 Å². The Labute approximate surface area is 189 Å². The zero-order valence-electron chi connectivity index (χ0n) is 17.9. The monoisotopic (exact) mass is 450 g/mol. The van der Waals surface area contributed by atoms with Gasteiger partial charge in [0.05, 0.1) is 12.2 Å². The third kappa shape index (κ3) is 4.54. The molecule has 2 heterocycles. The topological polar surface area (TPSA) is 125 Å². The fourth-order valence-electron chi connectivity index (χ4n) is 3.77. The van der Waals surface area contributed by atoms with E-state index in [9.17, 15) is 24.0 Å². The molecule has 4 rings (SSSR count). The van der Waals surface area contributed by atoms with Crippen LogP contribution >= 0.6 is 0 Å². The standard InChI is InChI=1S/C23H22N4O6/c1-14-7-8-16(11-18(14)26-20(29)12-24-22(26)31)25-21(30)17-9-10-19(28)27(17)23(32)33-13-15-5-3-2-4-6-15/h2-8,11,17H,9-10,12-13H2,1H3,(H,24,31)(H,25,30). The van der Waals surface area contributed by atoms with E-state index in [0.717, 1.165) is 15.4 Å². The maximum absolute atomic E-state index is 12.9. The number of aryl methyl sites for hydroxylation is 1. The molecule has 0 spiro atoms. The van der Waals surface area contributed by atoms with E-state index in [-0.39, 0.29) is 26.0 Å². The zero-order chi connectivity index (χ0) is 23.5. The molecule has 2 aromatic rings. The van der Waals surface area contributed by atoms with Crippen molar-refractivity contribution in [2.45, 2.75) is 32.4 Å². The highest BCUT2D eigenvalue weighted by atomic mass is 16.6. The summed E-state index contributed by atoms with van der Waals surface area (Å²) >= 11 is 0. The van der Waals surface area contributed by atoms with Crippen molar-refractivity contribution in [3.05, 3.63) is 59.7 Å². The first-order valence-electron chi connectivity index (χ1n) is 10.4. The molecule has 10 nitrogen and oxygen atoms in total. The number of imide groups is 2. The van der Waals surface area contributed by atoms with E-state index in [1.807, 2.05) is 6.07 Å². The van der Waals surface area contributed by atoms with Crippen molar-refractivity contribution in [1.29, 1.82) is 0 Å². The minimum atomic E-state index is -1.03. The second-order valence-corrected chi connectivity index (χ2v) is 7.74. The Morgan fingerprint density at radius 2 is 1.85 bits per heavy atom. The number of likely N-dealkylation sites (tertiary alicyclic amines) is 1. The molecule has 2 aromatic carbocycles. The second-order valence-electron chi connectivity index (χ2n) is 7.74. The van der Waals surface area contributed by atoms with Crippen molar-refractivity contribution < 1.29 is 28.7 Å². The Balaban J connectivity index is 1.46. The lowest BCUT2D eigenvalue weighted by molar-refractivity contribution is -0.131. The number of carbonyl (C=O) groups is 5. The van der Waals surface area contributed by atoms with Crippen molar-refractivity contribution in [3.63, 3.8) is 0 Å². The summed E-state index contributed by atoms with van der Waals surface area (Å²) < 4.78 is 5.24. The van der Waals surface area contributed by atoms with Gasteiger partial charge < -0.3 is 15.4 Å². The number of anilines is 2. The van der Waals surface area contributed by atoms with Crippen LogP contribution in [0.4, 0.5) is 21.0 Å². The number of hydrogen-bond acceptors (Lipinski definition) is 6. The lowest BCUT2D eigenvalue weighted by Gasteiger charge is -2.22. The highest BCUT2D eigenvalue weighted by molar-refractivity contribution is 6.20. The van der Waals surface area contributed by atoms with Crippen molar-refractivity contribution >= 4 is 41.2 Å². The maximum atomic E-state index is 12.9. The zero-order valence-corrected chi connectivity index (χ0v) is 17.9. The fourth-order valence-corrected chi connectivity index (χ4v) is 3.77. The van der Waals surface area contributed by atoms with Crippen LogP contribution in [0.1, 0.15) is 24.0 Å². The van der Waals surface area contributed by atoms with Crippen molar-refractivity contribution in [2.24, 2.45) is 0 Å². The highest BCUT2D eigenvalue weighted by Crippen LogP contribution is 2.27. The SMILES string of the molecule is Cc1ccc(NC(=O)C2CCC(=O)N2C(=O)OCc2ccccc2)cc1N1C(=O)CNC1=O. The van der Waals surface area contributed by atoms with Crippen molar-refractivity contribution in [2.75, 3.05) is 16.8 Å². The number of rotatable bonds is 5. The number of benzene rings is 2. The first-order valence-corrected chi connectivity index (χ1v) is 10.4. The van der Waals surface area contributed by atoms with Gasteiger partial charge in [-0.1, -0.05) is 36.4 Å². The summed E-state index contributed by atoms with van der Waals surface area (Å²) in [6.07, 6.45) is -0.679. The summed E-state index contributed by atoms with van der Waals surface area (Å²) in [5.41, 5.74) is 2.09. The minimum Gasteiger partial charge on any atom is -0.444 e. The quantitative estimate of drug-likeness (QED) is 0.674. The normalized spacial score (nSPS) is 17.8. The van der Waals surface area contributed by atoms with Crippen LogP contribution in [-0.2, 0) is 25.7 Å². The van der Waals surface area contributed by atoms with Crippen LogP contribution in [0, 0.1) is 6.92 Å². The molecule has 6 amide bonds. The number of hydrogen-bond donors (Lipinski definition) is 2. The summed E-state index contributed by atoms with van der Waals surface area (Å²) in [6.45, 7) is 1.62. The van der Waals surface area contributed by atoms with Gasteiger partial charge in [0.2, 0.25) is 11.8 Å². The smallest absolute Gasteiger partial charge is 0.417 e. The Hall–Kier alpha value is -4.21. The summed E-state index contributed by atoms with van der Waals surface area (Å²) in [7, 11) is 0. The molecule has 1 atom stereocenters. The molecule has 2 N–H and O–H groups in total. The average Bonchev–Trinajstić information content (AvgIpc) is 3.36. The van der Waals surface area contributed by atoms with Crippen molar-refractivity contribution in [1.82, 2.24) is 10.2 Å². The molecule has 2 fully saturated rings. The van der Waals surface area contributed by atoms with E-state index in [1.54, 1.807) is 43.3 Å². The number of carbonyl (C=O) groups excluding carboxylic acids is 5. The largest absolute Gasteiger partial charge is 0.444 e. The molecule has 2 aliphatic heterocycles. The number of ether oxygens (including phenoxy) is 1. The van der Waals surface area contributed by atoms with E-state index in [0.29, 0.717) is 16.9 Å². The van der Waals surface area contributed by atoms with Gasteiger partial charge in [0.1, 0.15) is 12.6 Å². The molecule has 0 bridgehead atoms. The van der Waals surface area contributed by atoms with E-state index in [4.69, 9.17) is 4.74 Å². The lowest BCUT2D eigenvalue weighted by Crippen LogP contribution is -2.45. The van der Waals surface area contributed by atoms with Crippen LogP contribution in [0.15, 0.2) is 48.5 Å². The Kier molecular flexibility index (Phi) is 6.07. The molecule has 0 aromatic heterocycles. The van der Waals surface area contributed by atoms with Gasteiger partial charge in [0, 0.05) is 12.1 Å². The average molecular weight is 450 g/mol. The molecule has 0 radical (unpaired) electrons. The predicted octanol–water partition coefficient (Wildman–Crippen LogP) is 2.32. The number of urea groups is 1. The van der Waals surface area contributed by atoms with Gasteiger partial charge in [-0.15, -0.1) is 0 Å². The van der Waals surface area contributed by atoms with Crippen LogP contribution < -0.4 is 15.5 Å². The molecule has 0 saturated carbocycles. The summed E-state index contributed by atoms with van der Waals surface area (Å²) in [5, 5.41) is 5.13. The number of nitrogens with zero attached hydrogens (tertiary/aromatic N) is 2. The predicted molar refractivity (Wildman–Crippen MR) is 117 cm³/mol. The third-order valence-electron chi connectivity index (χ3n) is 5.48.